The SMILES string of the molecule is Cc1cc(=O)n(-c2cc(OC(C)C)c(Cl)cc2F)c(=O)n1C. The highest BCUT2D eigenvalue weighted by Gasteiger charge is 2.16. The molecule has 1 heterocycles. The van der Waals surface area contributed by atoms with E-state index in [4.69, 9.17) is 16.3 Å². The number of benzene rings is 1. The minimum Gasteiger partial charge on any atom is -0.489 e. The van der Waals surface area contributed by atoms with Gasteiger partial charge in [-0.05, 0) is 26.8 Å². The van der Waals surface area contributed by atoms with Crippen molar-refractivity contribution in [1.82, 2.24) is 9.13 Å². The molecular weight excluding hydrogens is 311 g/mol. The van der Waals surface area contributed by atoms with Crippen molar-refractivity contribution in [2.24, 2.45) is 7.05 Å². The first kappa shape index (κ1) is 16.3. The molecule has 0 amide bonds. The molecular formula is C15H16ClFN2O3. The number of rotatable bonds is 3. The summed E-state index contributed by atoms with van der Waals surface area (Å²) in [4.78, 5) is 24.4. The van der Waals surface area contributed by atoms with Gasteiger partial charge in [0.1, 0.15) is 11.6 Å². The Bertz CT molecular complexity index is 840. The van der Waals surface area contributed by atoms with Crippen LogP contribution in [-0.4, -0.2) is 15.2 Å². The highest BCUT2D eigenvalue weighted by molar-refractivity contribution is 6.32. The lowest BCUT2D eigenvalue weighted by Gasteiger charge is -2.15. The third-order valence-electron chi connectivity index (χ3n) is 3.16. The van der Waals surface area contributed by atoms with Crippen LogP contribution in [0.3, 0.4) is 0 Å². The molecule has 7 heteroatoms. The molecule has 22 heavy (non-hydrogen) atoms. The Morgan fingerprint density at radius 1 is 1.23 bits per heavy atom. The molecule has 0 saturated heterocycles. The summed E-state index contributed by atoms with van der Waals surface area (Å²) >= 11 is 5.93. The molecule has 1 aromatic carbocycles. The van der Waals surface area contributed by atoms with Gasteiger partial charge < -0.3 is 9.30 Å². The van der Waals surface area contributed by atoms with E-state index in [9.17, 15) is 14.0 Å². The van der Waals surface area contributed by atoms with Gasteiger partial charge in [-0.2, -0.15) is 0 Å². The summed E-state index contributed by atoms with van der Waals surface area (Å²) in [5.74, 6) is -0.563. The maximum absolute atomic E-state index is 14.2. The van der Waals surface area contributed by atoms with E-state index in [1.165, 1.54) is 23.7 Å². The summed E-state index contributed by atoms with van der Waals surface area (Å²) in [6, 6.07) is 3.55. The predicted molar refractivity (Wildman–Crippen MR) is 82.7 cm³/mol. The summed E-state index contributed by atoms with van der Waals surface area (Å²) < 4.78 is 21.7. The van der Waals surface area contributed by atoms with E-state index >= 15 is 0 Å². The van der Waals surface area contributed by atoms with Gasteiger partial charge in [0, 0.05) is 24.9 Å². The summed E-state index contributed by atoms with van der Waals surface area (Å²) in [7, 11) is 1.51. The van der Waals surface area contributed by atoms with Crippen molar-refractivity contribution in [3.63, 3.8) is 0 Å². The second-order valence-electron chi connectivity index (χ2n) is 5.20. The minimum atomic E-state index is -0.774. The van der Waals surface area contributed by atoms with Crippen molar-refractivity contribution >= 4 is 11.6 Å². The van der Waals surface area contributed by atoms with E-state index in [0.717, 1.165) is 10.6 Å². The molecule has 0 N–H and O–H groups in total. The zero-order valence-corrected chi connectivity index (χ0v) is 13.4. The van der Waals surface area contributed by atoms with Gasteiger partial charge in [-0.25, -0.2) is 13.8 Å². The quantitative estimate of drug-likeness (QED) is 0.870. The Hall–Kier alpha value is -2.08. The molecule has 2 rings (SSSR count). The van der Waals surface area contributed by atoms with Crippen LogP contribution in [0.2, 0.25) is 5.02 Å². The number of halogens is 2. The second-order valence-corrected chi connectivity index (χ2v) is 5.61. The largest absolute Gasteiger partial charge is 0.489 e. The number of hydrogen-bond acceptors (Lipinski definition) is 3. The van der Waals surface area contributed by atoms with Crippen LogP contribution in [0.15, 0.2) is 27.8 Å². The fraction of sp³-hybridized carbons (Fsp3) is 0.333. The highest BCUT2D eigenvalue weighted by atomic mass is 35.5. The molecule has 0 aliphatic heterocycles. The third-order valence-corrected chi connectivity index (χ3v) is 3.46. The van der Waals surface area contributed by atoms with Gasteiger partial charge in [0.2, 0.25) is 0 Å². The Labute approximate surface area is 131 Å². The van der Waals surface area contributed by atoms with Gasteiger partial charge in [0.05, 0.1) is 16.8 Å². The van der Waals surface area contributed by atoms with Crippen LogP contribution in [0.1, 0.15) is 19.5 Å². The lowest BCUT2D eigenvalue weighted by molar-refractivity contribution is 0.242. The lowest BCUT2D eigenvalue weighted by atomic mass is 10.2. The molecule has 0 saturated carbocycles. The summed E-state index contributed by atoms with van der Waals surface area (Å²) in [5, 5.41) is 0.0759. The van der Waals surface area contributed by atoms with Crippen LogP contribution in [0.5, 0.6) is 5.75 Å². The first-order chi connectivity index (χ1) is 10.2. The van der Waals surface area contributed by atoms with Crippen LogP contribution in [0.4, 0.5) is 4.39 Å². The smallest absolute Gasteiger partial charge is 0.335 e. The van der Waals surface area contributed by atoms with E-state index < -0.39 is 17.1 Å². The number of ether oxygens (including phenoxy) is 1. The summed E-state index contributed by atoms with van der Waals surface area (Å²) in [6.45, 7) is 5.20. The zero-order chi connectivity index (χ0) is 16.6. The molecule has 0 unspecified atom stereocenters. The van der Waals surface area contributed by atoms with Crippen LogP contribution in [-0.2, 0) is 7.05 Å². The van der Waals surface area contributed by atoms with Crippen molar-refractivity contribution in [3.8, 4) is 11.4 Å². The Kier molecular flexibility index (Phi) is 4.42. The molecule has 1 aromatic heterocycles. The van der Waals surface area contributed by atoms with Gasteiger partial charge in [-0.15, -0.1) is 0 Å². The van der Waals surface area contributed by atoms with Crippen LogP contribution in [0, 0.1) is 12.7 Å². The van der Waals surface area contributed by atoms with Gasteiger partial charge >= 0.3 is 5.69 Å². The van der Waals surface area contributed by atoms with Crippen molar-refractivity contribution in [1.29, 1.82) is 0 Å². The van der Waals surface area contributed by atoms with Crippen LogP contribution < -0.4 is 16.0 Å². The van der Waals surface area contributed by atoms with Crippen molar-refractivity contribution in [2.45, 2.75) is 26.9 Å². The molecule has 2 aromatic rings. The van der Waals surface area contributed by atoms with Gasteiger partial charge in [-0.3, -0.25) is 4.79 Å². The van der Waals surface area contributed by atoms with Crippen molar-refractivity contribution < 1.29 is 9.13 Å². The monoisotopic (exact) mass is 326 g/mol. The second kappa shape index (κ2) is 5.96. The standard InChI is InChI=1S/C15H16ClFN2O3/c1-8(2)22-13-7-12(11(17)6-10(13)16)19-14(20)5-9(3)18(4)15(19)21/h5-8H,1-4H3. The van der Waals surface area contributed by atoms with E-state index in [-0.39, 0.29) is 22.6 Å². The van der Waals surface area contributed by atoms with Crippen LogP contribution >= 0.6 is 11.6 Å². The fourth-order valence-corrected chi connectivity index (χ4v) is 2.19. The molecule has 5 nitrogen and oxygen atoms in total. The van der Waals surface area contributed by atoms with Gasteiger partial charge in [0.15, 0.2) is 0 Å². The maximum Gasteiger partial charge on any atom is 0.335 e. The van der Waals surface area contributed by atoms with E-state index in [1.54, 1.807) is 20.8 Å². The normalized spacial score (nSPS) is 11.0. The van der Waals surface area contributed by atoms with E-state index in [1.807, 2.05) is 0 Å². The maximum atomic E-state index is 14.2. The molecule has 0 radical (unpaired) electrons. The third kappa shape index (κ3) is 2.92. The number of nitrogens with zero attached hydrogens (tertiary/aromatic N) is 2. The Balaban J connectivity index is 2.76. The number of aromatic nitrogens is 2. The van der Waals surface area contributed by atoms with Crippen molar-refractivity contribution in [3.05, 3.63) is 55.6 Å². The number of hydrogen-bond donors (Lipinski definition) is 0. The molecule has 0 spiro atoms. The molecule has 0 bridgehead atoms. The summed E-state index contributed by atoms with van der Waals surface area (Å²) in [5.41, 5.74) is -0.955. The molecule has 0 fully saturated rings. The average Bonchev–Trinajstić information content (AvgIpc) is 2.40. The molecule has 0 aliphatic carbocycles. The van der Waals surface area contributed by atoms with Gasteiger partial charge in [-0.1, -0.05) is 11.6 Å². The lowest BCUT2D eigenvalue weighted by Crippen LogP contribution is -2.38. The average molecular weight is 327 g/mol. The van der Waals surface area contributed by atoms with Crippen LogP contribution in [0.25, 0.3) is 5.69 Å². The molecule has 0 aliphatic rings. The highest BCUT2D eigenvalue weighted by Crippen LogP contribution is 2.29. The van der Waals surface area contributed by atoms with Crippen molar-refractivity contribution in [2.75, 3.05) is 0 Å². The zero-order valence-electron chi connectivity index (χ0n) is 12.7. The Morgan fingerprint density at radius 3 is 2.45 bits per heavy atom. The van der Waals surface area contributed by atoms with E-state index in [0.29, 0.717) is 5.69 Å². The minimum absolute atomic E-state index is 0.0759. The predicted octanol–water partition coefficient (Wildman–Crippen LogP) is 2.42. The summed E-state index contributed by atoms with van der Waals surface area (Å²) in [6.07, 6.45) is -0.187. The van der Waals surface area contributed by atoms with E-state index in [2.05, 4.69) is 0 Å². The Morgan fingerprint density at radius 2 is 1.86 bits per heavy atom. The first-order valence-electron chi connectivity index (χ1n) is 6.68. The van der Waals surface area contributed by atoms with Gasteiger partial charge in [0.25, 0.3) is 5.56 Å². The molecule has 0 atom stereocenters. The number of aryl methyl sites for hydroxylation is 1. The first-order valence-corrected chi connectivity index (χ1v) is 7.06. The molecule has 118 valence electrons. The topological polar surface area (TPSA) is 53.2 Å². The fourth-order valence-electron chi connectivity index (χ4n) is 1.99.